The lowest BCUT2D eigenvalue weighted by atomic mass is 10.1. The van der Waals surface area contributed by atoms with Crippen molar-refractivity contribution in [2.24, 2.45) is 0 Å². The number of pyridine rings is 1. The fourth-order valence-corrected chi connectivity index (χ4v) is 3.16. The van der Waals surface area contributed by atoms with Crippen LogP contribution in [0.25, 0.3) is 0 Å². The molecule has 2 aliphatic rings. The number of carbonyl (C=O) groups excluding carboxylic acids is 1. The Balaban J connectivity index is 1.78. The molecule has 0 bridgehead atoms. The third-order valence-electron chi connectivity index (χ3n) is 4.40. The van der Waals surface area contributed by atoms with Crippen molar-refractivity contribution in [1.82, 2.24) is 9.88 Å². The van der Waals surface area contributed by atoms with E-state index < -0.39 is 5.60 Å². The summed E-state index contributed by atoms with van der Waals surface area (Å²) in [5.74, 6) is 0.0406. The minimum absolute atomic E-state index is 0.0932. The van der Waals surface area contributed by atoms with E-state index in [4.69, 9.17) is 9.47 Å². The van der Waals surface area contributed by atoms with Gasteiger partial charge in [0.2, 0.25) is 0 Å². The van der Waals surface area contributed by atoms with Crippen LogP contribution in [-0.2, 0) is 22.4 Å². The lowest BCUT2D eigenvalue weighted by molar-refractivity contribution is 0.0222. The van der Waals surface area contributed by atoms with Gasteiger partial charge in [0.15, 0.2) is 11.6 Å². The third-order valence-corrected chi connectivity index (χ3v) is 4.40. The summed E-state index contributed by atoms with van der Waals surface area (Å²) >= 11 is 0. The van der Waals surface area contributed by atoms with E-state index in [9.17, 15) is 9.18 Å². The van der Waals surface area contributed by atoms with Gasteiger partial charge in [0.25, 0.3) is 0 Å². The van der Waals surface area contributed by atoms with Crippen molar-refractivity contribution >= 4 is 11.9 Å². The summed E-state index contributed by atoms with van der Waals surface area (Å²) in [7, 11) is 0. The van der Waals surface area contributed by atoms with Crippen LogP contribution in [0.2, 0.25) is 0 Å². The first-order valence-electron chi connectivity index (χ1n) is 8.75. The monoisotopic (exact) mass is 351 g/mol. The molecule has 3 heterocycles. The summed E-state index contributed by atoms with van der Waals surface area (Å²) in [5, 5.41) is 0. The lowest BCUT2D eigenvalue weighted by Crippen LogP contribution is -2.45. The van der Waals surface area contributed by atoms with Crippen LogP contribution in [0.1, 0.15) is 39.0 Å². The number of halogens is 1. The first kappa shape index (κ1) is 17.9. The Morgan fingerprint density at radius 2 is 2.16 bits per heavy atom. The second kappa shape index (κ2) is 6.78. The summed E-state index contributed by atoms with van der Waals surface area (Å²) in [6, 6.07) is 1.60. The highest BCUT2D eigenvalue weighted by Crippen LogP contribution is 2.27. The number of hydrogen-bond donors (Lipinski definition) is 0. The molecule has 0 aliphatic carbocycles. The second-order valence-corrected chi connectivity index (χ2v) is 7.67. The smallest absolute Gasteiger partial charge is 0.410 e. The van der Waals surface area contributed by atoms with Crippen LogP contribution in [0, 0.1) is 5.82 Å². The molecule has 3 rings (SSSR count). The maximum Gasteiger partial charge on any atom is 0.410 e. The number of ether oxygens (including phenoxy) is 2. The van der Waals surface area contributed by atoms with Crippen LogP contribution in [-0.4, -0.2) is 53.9 Å². The van der Waals surface area contributed by atoms with Crippen LogP contribution in [0.15, 0.2) is 6.07 Å². The van der Waals surface area contributed by atoms with E-state index in [1.165, 1.54) is 6.07 Å². The Bertz CT molecular complexity index is 660. The highest BCUT2D eigenvalue weighted by molar-refractivity contribution is 5.68. The Labute approximate surface area is 147 Å². The molecule has 2 aliphatic heterocycles. The number of morpholine rings is 1. The lowest BCUT2D eigenvalue weighted by Gasteiger charge is -2.36. The van der Waals surface area contributed by atoms with Crippen molar-refractivity contribution in [2.45, 2.75) is 52.3 Å². The minimum atomic E-state index is -0.544. The van der Waals surface area contributed by atoms with E-state index >= 15 is 0 Å². The molecule has 25 heavy (non-hydrogen) atoms. The van der Waals surface area contributed by atoms with Crippen molar-refractivity contribution < 1.29 is 18.7 Å². The van der Waals surface area contributed by atoms with Gasteiger partial charge in [-0.05, 0) is 39.3 Å². The normalized spacial score (nSPS) is 21.1. The summed E-state index contributed by atoms with van der Waals surface area (Å²) in [4.78, 5) is 20.4. The largest absolute Gasteiger partial charge is 0.444 e. The molecule has 1 atom stereocenters. The fourth-order valence-electron chi connectivity index (χ4n) is 3.16. The Morgan fingerprint density at radius 3 is 2.84 bits per heavy atom. The van der Waals surface area contributed by atoms with E-state index in [2.05, 4.69) is 4.98 Å². The molecule has 0 unspecified atom stereocenters. The van der Waals surface area contributed by atoms with Crippen LogP contribution in [0.5, 0.6) is 0 Å². The number of anilines is 1. The van der Waals surface area contributed by atoms with Gasteiger partial charge in [-0.3, -0.25) is 0 Å². The maximum atomic E-state index is 14.7. The van der Waals surface area contributed by atoms with Gasteiger partial charge in [-0.15, -0.1) is 0 Å². The Morgan fingerprint density at radius 1 is 1.40 bits per heavy atom. The van der Waals surface area contributed by atoms with E-state index in [1.807, 2.05) is 32.6 Å². The molecule has 1 amide bonds. The summed E-state index contributed by atoms with van der Waals surface area (Å²) < 4.78 is 25.5. The molecule has 1 aromatic heterocycles. The maximum absolute atomic E-state index is 14.7. The first-order valence-corrected chi connectivity index (χ1v) is 8.75. The average Bonchev–Trinajstić information content (AvgIpc) is 2.53. The molecule has 1 fully saturated rings. The van der Waals surface area contributed by atoms with E-state index in [-0.39, 0.29) is 18.0 Å². The van der Waals surface area contributed by atoms with Gasteiger partial charge in [-0.1, -0.05) is 0 Å². The number of aromatic nitrogens is 1. The summed E-state index contributed by atoms with van der Waals surface area (Å²) in [5.41, 5.74) is 1.06. The van der Waals surface area contributed by atoms with Crippen molar-refractivity contribution in [1.29, 1.82) is 0 Å². The van der Waals surface area contributed by atoms with E-state index in [1.54, 1.807) is 4.90 Å². The summed E-state index contributed by atoms with van der Waals surface area (Å²) in [6.45, 7) is 10.1. The van der Waals surface area contributed by atoms with Crippen LogP contribution in [0.3, 0.4) is 0 Å². The quantitative estimate of drug-likeness (QED) is 0.779. The predicted octanol–water partition coefficient (Wildman–Crippen LogP) is 2.74. The van der Waals surface area contributed by atoms with Gasteiger partial charge in [-0.2, -0.15) is 0 Å². The molecule has 138 valence electrons. The topological polar surface area (TPSA) is 54.9 Å². The van der Waals surface area contributed by atoms with Crippen molar-refractivity contribution in [3.05, 3.63) is 23.1 Å². The predicted molar refractivity (Wildman–Crippen MR) is 92.2 cm³/mol. The van der Waals surface area contributed by atoms with Crippen molar-refractivity contribution in [3.63, 3.8) is 0 Å². The molecule has 0 N–H and O–H groups in total. The zero-order chi connectivity index (χ0) is 18.2. The van der Waals surface area contributed by atoms with E-state index in [0.29, 0.717) is 45.1 Å². The van der Waals surface area contributed by atoms with Gasteiger partial charge in [0, 0.05) is 25.2 Å². The number of rotatable bonds is 1. The Hall–Kier alpha value is -1.89. The van der Waals surface area contributed by atoms with Crippen molar-refractivity contribution in [2.75, 3.05) is 31.2 Å². The Kier molecular flexibility index (Phi) is 4.86. The fraction of sp³-hybridized carbons (Fsp3) is 0.667. The number of hydrogen-bond acceptors (Lipinski definition) is 5. The molecular weight excluding hydrogens is 325 g/mol. The molecule has 1 saturated heterocycles. The SMILES string of the molecule is C[C@@H]1COCCN1c1nc2c(cc1F)CN(C(=O)OC(C)(C)C)CC2. The average molecular weight is 351 g/mol. The molecule has 1 aromatic rings. The molecule has 0 radical (unpaired) electrons. The molecule has 0 spiro atoms. The number of nitrogens with zero attached hydrogens (tertiary/aromatic N) is 3. The second-order valence-electron chi connectivity index (χ2n) is 7.67. The van der Waals surface area contributed by atoms with Crippen molar-refractivity contribution in [3.8, 4) is 0 Å². The number of fused-ring (bicyclic) bond motifs is 1. The standard InChI is InChI=1S/C18H26FN3O3/c1-12-11-24-8-7-22(12)16-14(19)9-13-10-21(6-5-15(13)20-16)17(23)25-18(2,3)4/h9,12H,5-8,10-11H2,1-4H3/t12-/m1/s1. The third kappa shape index (κ3) is 4.03. The number of carbonyl (C=O) groups is 1. The zero-order valence-electron chi connectivity index (χ0n) is 15.3. The first-order chi connectivity index (χ1) is 11.7. The van der Waals surface area contributed by atoms with Crippen LogP contribution < -0.4 is 4.90 Å². The highest BCUT2D eigenvalue weighted by atomic mass is 19.1. The molecule has 0 saturated carbocycles. The van der Waals surface area contributed by atoms with Gasteiger partial charge >= 0.3 is 6.09 Å². The van der Waals surface area contributed by atoms with E-state index in [0.717, 1.165) is 11.3 Å². The summed E-state index contributed by atoms with van der Waals surface area (Å²) in [6.07, 6.45) is 0.227. The van der Waals surface area contributed by atoms with Gasteiger partial charge in [0.05, 0.1) is 25.8 Å². The van der Waals surface area contributed by atoms with Gasteiger partial charge in [-0.25, -0.2) is 14.2 Å². The van der Waals surface area contributed by atoms with Crippen LogP contribution in [0.4, 0.5) is 15.0 Å². The molecular formula is C18H26FN3O3. The highest BCUT2D eigenvalue weighted by Gasteiger charge is 2.29. The molecule has 7 heteroatoms. The molecule has 0 aromatic carbocycles. The van der Waals surface area contributed by atoms with Crippen LogP contribution >= 0.6 is 0 Å². The molecule has 6 nitrogen and oxygen atoms in total. The minimum Gasteiger partial charge on any atom is -0.444 e. The number of amides is 1. The zero-order valence-corrected chi connectivity index (χ0v) is 15.3. The van der Waals surface area contributed by atoms with Gasteiger partial charge in [0.1, 0.15) is 5.60 Å². The van der Waals surface area contributed by atoms with Gasteiger partial charge < -0.3 is 19.3 Å².